The lowest BCUT2D eigenvalue weighted by Gasteiger charge is -2.08. The van der Waals surface area contributed by atoms with E-state index in [-0.39, 0.29) is 18.4 Å². The van der Waals surface area contributed by atoms with Crippen LogP contribution in [0, 0.1) is 0 Å². The van der Waals surface area contributed by atoms with Crippen LogP contribution in [-0.2, 0) is 0 Å². The summed E-state index contributed by atoms with van der Waals surface area (Å²) in [5.74, 6) is -0.598. The van der Waals surface area contributed by atoms with Crippen LogP contribution in [0.2, 0.25) is 0 Å². The van der Waals surface area contributed by atoms with Crippen molar-refractivity contribution in [3.8, 4) is 0 Å². The number of aliphatic hydroxyl groups excluding tert-OH is 1. The molecule has 1 atom stereocenters. The second-order valence-corrected chi connectivity index (χ2v) is 2.91. The Kier molecular flexibility index (Phi) is 3.67. The third-order valence-corrected chi connectivity index (χ3v) is 1.83. The number of furan rings is 1. The normalized spacial score (nSPS) is 12.7. The maximum Gasteiger partial charge on any atom is 0.371 e. The monoisotopic (exact) mass is 199 g/mol. The molecule has 0 aliphatic heterocycles. The molecule has 3 N–H and O–H groups in total. The van der Waals surface area contributed by atoms with Crippen LogP contribution in [0.5, 0.6) is 0 Å². The lowest BCUT2D eigenvalue weighted by atomic mass is 10.2. The topological polar surface area (TPSA) is 82.7 Å². The van der Waals surface area contributed by atoms with Gasteiger partial charge in [0, 0.05) is 6.54 Å². The van der Waals surface area contributed by atoms with Gasteiger partial charge < -0.3 is 19.9 Å². The van der Waals surface area contributed by atoms with Crippen molar-refractivity contribution in [2.75, 3.05) is 13.2 Å². The molecule has 0 aromatic carbocycles. The Balaban J connectivity index is 2.61. The molecule has 5 heteroatoms. The van der Waals surface area contributed by atoms with E-state index in [9.17, 15) is 4.79 Å². The number of carboxylic acids is 1. The molecule has 0 radical (unpaired) electrons. The number of nitrogens with one attached hydrogen (secondary N) is 1. The second-order valence-electron chi connectivity index (χ2n) is 2.91. The van der Waals surface area contributed by atoms with Gasteiger partial charge in [-0.2, -0.15) is 0 Å². The third-order valence-electron chi connectivity index (χ3n) is 1.83. The molecular formula is C9H13NO4. The molecule has 78 valence electrons. The minimum Gasteiger partial charge on any atom is -0.475 e. The summed E-state index contributed by atoms with van der Waals surface area (Å²) in [6, 6.07) is 2.92. The van der Waals surface area contributed by atoms with Gasteiger partial charge in [-0.25, -0.2) is 4.79 Å². The van der Waals surface area contributed by atoms with Gasteiger partial charge in [-0.1, -0.05) is 0 Å². The summed E-state index contributed by atoms with van der Waals surface area (Å²) < 4.78 is 5.06. The molecule has 0 saturated carbocycles. The number of carboxylic acid groups (broad SMARTS) is 1. The summed E-state index contributed by atoms with van der Waals surface area (Å²) >= 11 is 0. The van der Waals surface area contributed by atoms with Crippen molar-refractivity contribution in [2.45, 2.75) is 13.0 Å². The van der Waals surface area contributed by atoms with Gasteiger partial charge in [-0.15, -0.1) is 0 Å². The highest BCUT2D eigenvalue weighted by Crippen LogP contribution is 2.15. The molecule has 14 heavy (non-hydrogen) atoms. The molecule has 0 saturated heterocycles. The van der Waals surface area contributed by atoms with Crippen LogP contribution in [0.4, 0.5) is 0 Å². The molecule has 0 fully saturated rings. The van der Waals surface area contributed by atoms with Gasteiger partial charge in [0.05, 0.1) is 12.6 Å². The highest BCUT2D eigenvalue weighted by molar-refractivity contribution is 5.84. The highest BCUT2D eigenvalue weighted by atomic mass is 16.4. The average Bonchev–Trinajstić information content (AvgIpc) is 2.62. The van der Waals surface area contributed by atoms with Gasteiger partial charge in [0.2, 0.25) is 5.76 Å². The van der Waals surface area contributed by atoms with Crippen LogP contribution in [0.1, 0.15) is 29.3 Å². The lowest BCUT2D eigenvalue weighted by molar-refractivity contribution is 0.0659. The van der Waals surface area contributed by atoms with E-state index in [1.54, 1.807) is 6.07 Å². The fourth-order valence-corrected chi connectivity index (χ4v) is 1.08. The van der Waals surface area contributed by atoms with Crippen LogP contribution in [-0.4, -0.2) is 29.3 Å². The Labute approximate surface area is 81.4 Å². The van der Waals surface area contributed by atoms with Gasteiger partial charge in [0.1, 0.15) is 5.76 Å². The minimum absolute atomic E-state index is 0.0385. The standard InChI is InChI=1S/C9H13NO4/c1-6(10-4-5-11)7-2-3-8(14-7)9(12)13/h2-3,6,10-11H,4-5H2,1H3,(H,12,13). The van der Waals surface area contributed by atoms with E-state index < -0.39 is 5.97 Å². The summed E-state index contributed by atoms with van der Waals surface area (Å²) in [6.07, 6.45) is 0. The van der Waals surface area contributed by atoms with E-state index in [0.29, 0.717) is 12.3 Å². The molecule has 1 aromatic heterocycles. The van der Waals surface area contributed by atoms with E-state index in [0.717, 1.165) is 0 Å². The van der Waals surface area contributed by atoms with Gasteiger partial charge >= 0.3 is 5.97 Å². The number of aliphatic hydroxyl groups is 1. The summed E-state index contributed by atoms with van der Waals surface area (Å²) in [5.41, 5.74) is 0. The van der Waals surface area contributed by atoms with Crippen LogP contribution < -0.4 is 5.32 Å². The zero-order valence-corrected chi connectivity index (χ0v) is 7.86. The molecule has 0 spiro atoms. The SMILES string of the molecule is CC(NCCO)c1ccc(C(=O)O)o1. The summed E-state index contributed by atoms with van der Waals surface area (Å²) in [7, 11) is 0. The van der Waals surface area contributed by atoms with Crippen molar-refractivity contribution >= 4 is 5.97 Å². The van der Waals surface area contributed by atoms with Gasteiger partial charge in [-0.05, 0) is 19.1 Å². The molecule has 0 aliphatic rings. The number of aromatic carboxylic acids is 1. The van der Waals surface area contributed by atoms with Crippen molar-refractivity contribution in [2.24, 2.45) is 0 Å². The first-order valence-corrected chi connectivity index (χ1v) is 4.32. The molecule has 1 aromatic rings. The maximum atomic E-state index is 10.5. The predicted octanol–water partition coefficient (Wildman–Crippen LogP) is 0.621. The van der Waals surface area contributed by atoms with Gasteiger partial charge in [-0.3, -0.25) is 0 Å². The molecule has 5 nitrogen and oxygen atoms in total. The van der Waals surface area contributed by atoms with Crippen LogP contribution in [0.15, 0.2) is 16.5 Å². The minimum atomic E-state index is -1.08. The highest BCUT2D eigenvalue weighted by Gasteiger charge is 2.13. The fourth-order valence-electron chi connectivity index (χ4n) is 1.08. The first kappa shape index (κ1) is 10.7. The number of carbonyl (C=O) groups is 1. The molecule has 0 aliphatic carbocycles. The zero-order valence-electron chi connectivity index (χ0n) is 7.86. The first-order valence-electron chi connectivity index (χ1n) is 4.32. The zero-order chi connectivity index (χ0) is 10.6. The van der Waals surface area contributed by atoms with E-state index >= 15 is 0 Å². The molecular weight excluding hydrogens is 186 g/mol. The maximum absolute atomic E-state index is 10.5. The quantitative estimate of drug-likeness (QED) is 0.647. The average molecular weight is 199 g/mol. The van der Waals surface area contributed by atoms with Crippen LogP contribution in [0.25, 0.3) is 0 Å². The van der Waals surface area contributed by atoms with E-state index in [1.807, 2.05) is 6.92 Å². The summed E-state index contributed by atoms with van der Waals surface area (Å²) in [5, 5.41) is 20.1. The lowest BCUT2D eigenvalue weighted by Crippen LogP contribution is -2.21. The Bertz CT molecular complexity index is 308. The summed E-state index contributed by atoms with van der Waals surface area (Å²) in [6.45, 7) is 2.32. The molecule has 1 unspecified atom stereocenters. The molecule has 0 bridgehead atoms. The van der Waals surface area contributed by atoms with Crippen LogP contribution in [0.3, 0.4) is 0 Å². The van der Waals surface area contributed by atoms with E-state index in [2.05, 4.69) is 5.32 Å². The number of rotatable bonds is 5. The largest absolute Gasteiger partial charge is 0.475 e. The van der Waals surface area contributed by atoms with Gasteiger partial charge in [0.15, 0.2) is 0 Å². The first-order chi connectivity index (χ1) is 6.65. The smallest absolute Gasteiger partial charge is 0.371 e. The van der Waals surface area contributed by atoms with E-state index in [4.69, 9.17) is 14.6 Å². The molecule has 1 heterocycles. The van der Waals surface area contributed by atoms with Crippen molar-refractivity contribution in [1.82, 2.24) is 5.32 Å². The van der Waals surface area contributed by atoms with Crippen molar-refractivity contribution in [3.05, 3.63) is 23.7 Å². The van der Waals surface area contributed by atoms with Crippen molar-refractivity contribution in [3.63, 3.8) is 0 Å². The van der Waals surface area contributed by atoms with Crippen molar-refractivity contribution in [1.29, 1.82) is 0 Å². The second kappa shape index (κ2) is 4.78. The number of hydrogen-bond donors (Lipinski definition) is 3. The summed E-state index contributed by atoms with van der Waals surface area (Å²) in [4.78, 5) is 10.5. The number of hydrogen-bond acceptors (Lipinski definition) is 4. The fraction of sp³-hybridized carbons (Fsp3) is 0.444. The van der Waals surface area contributed by atoms with Crippen molar-refractivity contribution < 1.29 is 19.4 Å². The van der Waals surface area contributed by atoms with E-state index in [1.165, 1.54) is 6.07 Å². The molecule has 1 rings (SSSR count). The predicted molar refractivity (Wildman–Crippen MR) is 49.2 cm³/mol. The van der Waals surface area contributed by atoms with Gasteiger partial charge in [0.25, 0.3) is 0 Å². The van der Waals surface area contributed by atoms with Crippen LogP contribution >= 0.6 is 0 Å². The Morgan fingerprint density at radius 3 is 2.86 bits per heavy atom. The Morgan fingerprint density at radius 2 is 2.36 bits per heavy atom. The molecule has 0 amide bonds. The Morgan fingerprint density at radius 1 is 1.64 bits per heavy atom. The Hall–Kier alpha value is -1.33. The third kappa shape index (κ3) is 2.58.